The number of nitrogens with one attached hydrogen (secondary N) is 2. The molecule has 3 rings (SSSR count). The number of carbonyl (C=O) groups is 4. The largest absolute Gasteiger partial charge is 0.467 e. The zero-order chi connectivity index (χ0) is 26.6. The molecule has 3 amide bonds. The molecule has 9 nitrogen and oxygen atoms in total. The van der Waals surface area contributed by atoms with Gasteiger partial charge in [0.25, 0.3) is 11.8 Å². The van der Waals surface area contributed by atoms with E-state index in [4.69, 9.17) is 32.7 Å². The van der Waals surface area contributed by atoms with Crippen LogP contribution in [0.4, 0.5) is 4.79 Å². The molecule has 0 saturated heterocycles. The van der Waals surface area contributed by atoms with Gasteiger partial charge in [-0.2, -0.15) is 0 Å². The summed E-state index contributed by atoms with van der Waals surface area (Å²) in [5.41, 5.74) is 0.757. The Morgan fingerprint density at radius 2 is 1.92 bits per heavy atom. The van der Waals surface area contributed by atoms with Crippen LogP contribution in [0.3, 0.4) is 0 Å². The lowest BCUT2D eigenvalue weighted by Crippen LogP contribution is -2.49. The molecule has 1 atom stereocenters. The van der Waals surface area contributed by atoms with Crippen molar-refractivity contribution in [3.63, 3.8) is 0 Å². The summed E-state index contributed by atoms with van der Waals surface area (Å²) >= 11 is 14.3. The van der Waals surface area contributed by atoms with Crippen molar-refractivity contribution in [1.82, 2.24) is 15.5 Å². The van der Waals surface area contributed by atoms with Gasteiger partial charge in [-0.15, -0.1) is 11.3 Å². The van der Waals surface area contributed by atoms with Gasteiger partial charge in [0.05, 0.1) is 27.6 Å². The Morgan fingerprint density at radius 3 is 2.53 bits per heavy atom. The highest BCUT2D eigenvalue weighted by atomic mass is 35.5. The SMILES string of the molecule is COC(=O)[C@H](CNC(=O)c1cccs1)NC(=O)c1c(Cl)cc2c(c1Cl)CCN(C(=O)OC(C)(C)C)C2. The zero-order valence-corrected chi connectivity index (χ0v) is 22.6. The molecule has 1 aromatic heterocycles. The molecule has 2 aromatic rings. The number of thiophene rings is 1. The third-order valence-electron chi connectivity index (χ3n) is 5.29. The number of amides is 3. The quantitative estimate of drug-likeness (QED) is 0.519. The summed E-state index contributed by atoms with van der Waals surface area (Å²) in [6.45, 7) is 5.75. The Labute approximate surface area is 223 Å². The molecule has 0 aliphatic carbocycles. The van der Waals surface area contributed by atoms with Gasteiger partial charge >= 0.3 is 12.1 Å². The lowest BCUT2D eigenvalue weighted by molar-refractivity contribution is -0.142. The number of benzene rings is 1. The first kappa shape index (κ1) is 27.8. The summed E-state index contributed by atoms with van der Waals surface area (Å²) in [7, 11) is 1.18. The molecule has 0 bridgehead atoms. The third-order valence-corrected chi connectivity index (χ3v) is 6.87. The number of hydrogen-bond donors (Lipinski definition) is 2. The van der Waals surface area contributed by atoms with Crippen LogP contribution in [0.25, 0.3) is 0 Å². The first-order valence-electron chi connectivity index (χ1n) is 11.1. The van der Waals surface area contributed by atoms with Gasteiger partial charge in [0.1, 0.15) is 11.6 Å². The summed E-state index contributed by atoms with van der Waals surface area (Å²) in [5, 5.41) is 7.11. The van der Waals surface area contributed by atoms with Gasteiger partial charge in [0.15, 0.2) is 0 Å². The highest BCUT2D eigenvalue weighted by Crippen LogP contribution is 2.35. The monoisotopic (exact) mass is 555 g/mol. The lowest BCUT2D eigenvalue weighted by atomic mass is 9.96. The van der Waals surface area contributed by atoms with Gasteiger partial charge in [0.2, 0.25) is 0 Å². The van der Waals surface area contributed by atoms with E-state index in [1.165, 1.54) is 18.4 Å². The van der Waals surface area contributed by atoms with Gasteiger partial charge in [0, 0.05) is 19.6 Å². The van der Waals surface area contributed by atoms with Crippen LogP contribution < -0.4 is 10.6 Å². The van der Waals surface area contributed by atoms with Gasteiger partial charge in [-0.1, -0.05) is 29.3 Å². The highest BCUT2D eigenvalue weighted by molar-refractivity contribution is 7.12. The fraction of sp³-hybridized carbons (Fsp3) is 0.417. The van der Waals surface area contributed by atoms with Crippen LogP contribution in [0.1, 0.15) is 51.9 Å². The first-order valence-corrected chi connectivity index (χ1v) is 12.7. The number of rotatable bonds is 6. The Hall–Kier alpha value is -2.82. The molecule has 0 radical (unpaired) electrons. The molecule has 2 N–H and O–H groups in total. The van der Waals surface area contributed by atoms with Crippen molar-refractivity contribution in [3.05, 3.63) is 55.2 Å². The number of fused-ring (bicyclic) bond motifs is 1. The van der Waals surface area contributed by atoms with Gasteiger partial charge in [-0.25, -0.2) is 9.59 Å². The van der Waals surface area contributed by atoms with E-state index in [-0.39, 0.29) is 34.6 Å². The molecule has 0 fully saturated rings. The van der Waals surface area contributed by atoms with Gasteiger partial charge in [-0.05, 0) is 55.8 Å². The average molecular weight is 556 g/mol. The topological polar surface area (TPSA) is 114 Å². The fourth-order valence-electron chi connectivity index (χ4n) is 3.60. The maximum atomic E-state index is 13.1. The Morgan fingerprint density at radius 1 is 1.19 bits per heavy atom. The molecule has 194 valence electrons. The van der Waals surface area contributed by atoms with E-state index < -0.39 is 29.6 Å². The average Bonchev–Trinajstić information content (AvgIpc) is 3.34. The van der Waals surface area contributed by atoms with Crippen molar-refractivity contribution in [3.8, 4) is 0 Å². The lowest BCUT2D eigenvalue weighted by Gasteiger charge is -2.32. The number of carbonyl (C=O) groups excluding carboxylic acids is 4. The summed E-state index contributed by atoms with van der Waals surface area (Å²) in [4.78, 5) is 52.1. The maximum Gasteiger partial charge on any atom is 0.410 e. The number of hydrogen-bond acceptors (Lipinski definition) is 7. The molecule has 1 aliphatic heterocycles. The molecule has 36 heavy (non-hydrogen) atoms. The van der Waals surface area contributed by atoms with Crippen LogP contribution in [0.5, 0.6) is 0 Å². The maximum absolute atomic E-state index is 13.1. The third kappa shape index (κ3) is 6.68. The Balaban J connectivity index is 1.76. The number of nitrogens with zero attached hydrogens (tertiary/aromatic N) is 1. The molecular weight excluding hydrogens is 529 g/mol. The van der Waals surface area contributed by atoms with E-state index in [1.807, 2.05) is 0 Å². The first-order chi connectivity index (χ1) is 16.9. The van der Waals surface area contributed by atoms with E-state index in [2.05, 4.69) is 10.6 Å². The van der Waals surface area contributed by atoms with E-state index in [9.17, 15) is 19.2 Å². The highest BCUT2D eigenvalue weighted by Gasteiger charge is 2.31. The summed E-state index contributed by atoms with van der Waals surface area (Å²) < 4.78 is 10.2. The fourth-order valence-corrected chi connectivity index (χ4v) is 5.00. The van der Waals surface area contributed by atoms with E-state index in [1.54, 1.807) is 49.3 Å². The van der Waals surface area contributed by atoms with Crippen molar-refractivity contribution in [2.75, 3.05) is 20.2 Å². The number of ether oxygens (including phenoxy) is 2. The van der Waals surface area contributed by atoms with Crippen LogP contribution in [0.15, 0.2) is 23.6 Å². The van der Waals surface area contributed by atoms with Crippen molar-refractivity contribution >= 4 is 58.4 Å². The molecule has 0 unspecified atom stereocenters. The van der Waals surface area contributed by atoms with Crippen molar-refractivity contribution < 1.29 is 28.7 Å². The summed E-state index contributed by atoms with van der Waals surface area (Å²) in [5.74, 6) is -1.82. The van der Waals surface area contributed by atoms with Crippen LogP contribution in [0, 0.1) is 0 Å². The van der Waals surface area contributed by atoms with Crippen LogP contribution in [-0.2, 0) is 27.2 Å². The van der Waals surface area contributed by atoms with Crippen molar-refractivity contribution in [2.45, 2.75) is 45.4 Å². The second kappa shape index (κ2) is 11.5. The van der Waals surface area contributed by atoms with E-state index >= 15 is 0 Å². The smallest absolute Gasteiger partial charge is 0.410 e. The van der Waals surface area contributed by atoms with Gasteiger partial charge < -0.3 is 25.0 Å². The standard InChI is InChI=1S/C24H27Cl2N3O6S/c1-24(2,3)35-23(33)29-8-7-14-13(12-29)10-15(25)18(19(14)26)21(31)28-16(22(32)34-4)11-27-20(30)17-6-5-9-36-17/h5-6,9-10,16H,7-8,11-12H2,1-4H3,(H,27,30)(H,28,31)/t16-/m0/s1. The van der Waals surface area contributed by atoms with Crippen LogP contribution in [-0.4, -0.2) is 60.6 Å². The normalized spacial score (nSPS) is 13.9. The number of methoxy groups -OCH3 is 1. The Kier molecular flexibility index (Phi) is 8.86. The van der Waals surface area contributed by atoms with Gasteiger partial charge in [-0.3, -0.25) is 9.59 Å². The summed E-state index contributed by atoms with van der Waals surface area (Å²) in [6, 6.07) is 3.78. The number of halogens is 2. The second-order valence-electron chi connectivity index (χ2n) is 9.07. The van der Waals surface area contributed by atoms with E-state index in [0.29, 0.717) is 29.0 Å². The molecular formula is C24H27Cl2N3O6S. The predicted molar refractivity (Wildman–Crippen MR) is 137 cm³/mol. The summed E-state index contributed by atoms with van der Waals surface area (Å²) in [6.07, 6.45) is -0.0601. The minimum atomic E-state index is -1.17. The molecule has 2 heterocycles. The van der Waals surface area contributed by atoms with E-state index in [0.717, 1.165) is 0 Å². The second-order valence-corrected chi connectivity index (χ2v) is 10.8. The molecule has 1 aliphatic rings. The van der Waals surface area contributed by atoms with Crippen molar-refractivity contribution in [2.24, 2.45) is 0 Å². The molecule has 12 heteroatoms. The zero-order valence-electron chi connectivity index (χ0n) is 20.3. The molecule has 0 saturated carbocycles. The predicted octanol–water partition coefficient (Wildman–Crippen LogP) is 4.05. The van der Waals surface area contributed by atoms with Crippen LogP contribution >= 0.6 is 34.5 Å². The van der Waals surface area contributed by atoms with Crippen LogP contribution in [0.2, 0.25) is 10.0 Å². The number of esters is 1. The molecule has 0 spiro atoms. The van der Waals surface area contributed by atoms with Crippen molar-refractivity contribution in [1.29, 1.82) is 0 Å². The minimum Gasteiger partial charge on any atom is -0.467 e. The Bertz CT molecular complexity index is 1160. The molecule has 1 aromatic carbocycles. The minimum absolute atomic E-state index is 0.00119.